The van der Waals surface area contributed by atoms with E-state index in [2.05, 4.69) is 10.2 Å². The van der Waals surface area contributed by atoms with Crippen LogP contribution in [0.15, 0.2) is 5.16 Å². The summed E-state index contributed by atoms with van der Waals surface area (Å²) in [7, 11) is -1.19. The maximum absolute atomic E-state index is 11.4. The van der Waals surface area contributed by atoms with Crippen LogP contribution < -0.4 is 4.90 Å². The summed E-state index contributed by atoms with van der Waals surface area (Å²) in [4.78, 5) is 12.4. The van der Waals surface area contributed by atoms with Gasteiger partial charge in [-0.1, -0.05) is 11.8 Å². The first-order chi connectivity index (χ1) is 8.89. The normalized spacial score (nSPS) is 18.5. The summed E-state index contributed by atoms with van der Waals surface area (Å²) >= 11 is 1.08. The number of hydrogen-bond donors (Lipinski definition) is 1. The van der Waals surface area contributed by atoms with Crippen molar-refractivity contribution in [2.45, 2.75) is 5.16 Å². The van der Waals surface area contributed by atoms with Crippen LogP contribution in [0.1, 0.15) is 0 Å². The van der Waals surface area contributed by atoms with Crippen LogP contribution in [0, 0.1) is 0 Å². The maximum Gasteiger partial charge on any atom is 0.313 e. The minimum Gasteiger partial charge on any atom is -0.481 e. The molecular weight excluding hydrogens is 292 g/mol. The SMILES string of the molecule is Cn1c(SCC(=O)O)nnc1N1CCS(=O)(=O)CC1. The number of sulfone groups is 1. The molecule has 1 aromatic heterocycles. The van der Waals surface area contributed by atoms with E-state index in [1.54, 1.807) is 11.6 Å². The summed E-state index contributed by atoms with van der Waals surface area (Å²) in [6.07, 6.45) is 0. The molecule has 0 atom stereocenters. The van der Waals surface area contributed by atoms with Gasteiger partial charge in [-0.3, -0.25) is 9.36 Å². The molecule has 2 heterocycles. The second kappa shape index (κ2) is 5.37. The van der Waals surface area contributed by atoms with Crippen molar-refractivity contribution in [2.75, 3.05) is 35.2 Å². The Hall–Kier alpha value is -1.29. The molecule has 1 fully saturated rings. The molecule has 8 nitrogen and oxygen atoms in total. The van der Waals surface area contributed by atoms with Crippen LogP contribution in [0.5, 0.6) is 0 Å². The first-order valence-corrected chi connectivity index (χ1v) is 8.39. The standard InChI is InChI=1S/C9H14N4O4S2/c1-12-8(10-11-9(12)18-6-7(14)15)13-2-4-19(16,17)5-3-13/h2-6H2,1H3,(H,14,15). The Balaban J connectivity index is 2.08. The number of nitrogens with zero attached hydrogens (tertiary/aromatic N) is 4. The molecule has 0 aliphatic carbocycles. The quantitative estimate of drug-likeness (QED) is 0.723. The van der Waals surface area contributed by atoms with Crippen LogP contribution in [0.25, 0.3) is 0 Å². The molecule has 1 aliphatic rings. The predicted octanol–water partition coefficient (Wildman–Crippen LogP) is -0.773. The highest BCUT2D eigenvalue weighted by Gasteiger charge is 2.25. The topological polar surface area (TPSA) is 105 Å². The lowest BCUT2D eigenvalue weighted by Crippen LogP contribution is -2.41. The van der Waals surface area contributed by atoms with E-state index < -0.39 is 15.8 Å². The Morgan fingerprint density at radius 2 is 2.00 bits per heavy atom. The summed E-state index contributed by atoms with van der Waals surface area (Å²) in [5, 5.41) is 17.0. The number of thioether (sulfide) groups is 1. The number of aromatic nitrogens is 3. The zero-order chi connectivity index (χ0) is 14.0. The number of aliphatic carboxylic acids is 1. The number of anilines is 1. The summed E-state index contributed by atoms with van der Waals surface area (Å²) in [5.74, 6) is -0.212. The first kappa shape index (κ1) is 14.1. The molecule has 0 saturated carbocycles. The molecule has 2 rings (SSSR count). The lowest BCUT2D eigenvalue weighted by molar-refractivity contribution is -0.133. The minimum absolute atomic E-state index is 0.0830. The van der Waals surface area contributed by atoms with Crippen molar-refractivity contribution in [3.8, 4) is 0 Å². The minimum atomic E-state index is -2.93. The van der Waals surface area contributed by atoms with Gasteiger partial charge in [-0.25, -0.2) is 8.42 Å². The zero-order valence-electron chi connectivity index (χ0n) is 10.3. The smallest absolute Gasteiger partial charge is 0.313 e. The fourth-order valence-corrected chi connectivity index (χ4v) is 3.57. The molecule has 106 valence electrons. The molecule has 0 bridgehead atoms. The van der Waals surface area contributed by atoms with Gasteiger partial charge < -0.3 is 10.0 Å². The summed E-state index contributed by atoms with van der Waals surface area (Å²) in [6.45, 7) is 0.774. The van der Waals surface area contributed by atoms with E-state index in [1.165, 1.54) is 0 Å². The highest BCUT2D eigenvalue weighted by molar-refractivity contribution is 7.99. The van der Waals surface area contributed by atoms with E-state index in [1.807, 2.05) is 4.90 Å². The zero-order valence-corrected chi connectivity index (χ0v) is 11.9. The Bertz CT molecular complexity index is 569. The Morgan fingerprint density at radius 3 is 2.58 bits per heavy atom. The molecule has 1 aromatic rings. The van der Waals surface area contributed by atoms with Crippen molar-refractivity contribution in [2.24, 2.45) is 7.05 Å². The predicted molar refractivity (Wildman–Crippen MR) is 70.2 cm³/mol. The van der Waals surface area contributed by atoms with Crippen molar-refractivity contribution in [3.63, 3.8) is 0 Å². The second-order valence-corrected chi connectivity index (χ2v) is 7.41. The molecule has 1 aliphatic heterocycles. The second-order valence-electron chi connectivity index (χ2n) is 4.16. The molecule has 10 heteroatoms. The molecule has 0 amide bonds. The first-order valence-electron chi connectivity index (χ1n) is 5.58. The highest BCUT2D eigenvalue weighted by Crippen LogP contribution is 2.21. The molecule has 0 radical (unpaired) electrons. The molecule has 0 unspecified atom stereocenters. The summed E-state index contributed by atoms with van der Waals surface area (Å²) < 4.78 is 24.4. The number of carboxylic acid groups (broad SMARTS) is 1. The van der Waals surface area contributed by atoms with Gasteiger partial charge >= 0.3 is 5.97 Å². The number of hydrogen-bond acceptors (Lipinski definition) is 7. The molecular formula is C9H14N4O4S2. The van der Waals surface area contributed by atoms with Crippen molar-refractivity contribution >= 4 is 33.5 Å². The van der Waals surface area contributed by atoms with Crippen LogP contribution in [0.2, 0.25) is 0 Å². The van der Waals surface area contributed by atoms with Crippen LogP contribution in [-0.2, 0) is 21.7 Å². The molecule has 0 spiro atoms. The van der Waals surface area contributed by atoms with Crippen LogP contribution in [0.4, 0.5) is 5.95 Å². The Labute approximate surface area is 114 Å². The van der Waals surface area contributed by atoms with E-state index >= 15 is 0 Å². The Kier molecular flexibility index (Phi) is 3.99. The third-order valence-corrected chi connectivity index (χ3v) is 5.38. The number of rotatable bonds is 4. The van der Waals surface area contributed by atoms with Gasteiger partial charge in [0.1, 0.15) is 0 Å². The van der Waals surface area contributed by atoms with Crippen molar-refractivity contribution in [1.29, 1.82) is 0 Å². The lowest BCUT2D eigenvalue weighted by Gasteiger charge is -2.26. The summed E-state index contributed by atoms with van der Waals surface area (Å²) in [6, 6.07) is 0. The van der Waals surface area contributed by atoms with Gasteiger partial charge in [-0.2, -0.15) is 0 Å². The van der Waals surface area contributed by atoms with Crippen LogP contribution >= 0.6 is 11.8 Å². The average molecular weight is 306 g/mol. The van der Waals surface area contributed by atoms with E-state index in [9.17, 15) is 13.2 Å². The van der Waals surface area contributed by atoms with Gasteiger partial charge in [-0.05, 0) is 0 Å². The highest BCUT2D eigenvalue weighted by atomic mass is 32.2. The van der Waals surface area contributed by atoms with Crippen molar-refractivity contribution in [1.82, 2.24) is 14.8 Å². The van der Waals surface area contributed by atoms with E-state index in [0.29, 0.717) is 24.2 Å². The fourth-order valence-electron chi connectivity index (χ4n) is 1.75. The molecule has 19 heavy (non-hydrogen) atoms. The number of carbonyl (C=O) groups is 1. The van der Waals surface area contributed by atoms with E-state index in [-0.39, 0.29) is 17.3 Å². The summed E-state index contributed by atoms with van der Waals surface area (Å²) in [5.41, 5.74) is 0. The Morgan fingerprint density at radius 1 is 1.37 bits per heavy atom. The molecule has 1 N–H and O–H groups in total. The number of carboxylic acids is 1. The molecule has 0 aromatic carbocycles. The fraction of sp³-hybridized carbons (Fsp3) is 0.667. The average Bonchev–Trinajstić information content (AvgIpc) is 2.68. The van der Waals surface area contributed by atoms with Gasteiger partial charge in [0.05, 0.1) is 17.3 Å². The van der Waals surface area contributed by atoms with Crippen LogP contribution in [-0.4, -0.2) is 64.6 Å². The van der Waals surface area contributed by atoms with Gasteiger partial charge in [0.25, 0.3) is 0 Å². The van der Waals surface area contributed by atoms with Gasteiger partial charge in [0, 0.05) is 20.1 Å². The third-order valence-electron chi connectivity index (χ3n) is 2.76. The van der Waals surface area contributed by atoms with Crippen LogP contribution in [0.3, 0.4) is 0 Å². The van der Waals surface area contributed by atoms with Crippen molar-refractivity contribution in [3.05, 3.63) is 0 Å². The van der Waals surface area contributed by atoms with E-state index in [4.69, 9.17) is 5.11 Å². The monoisotopic (exact) mass is 306 g/mol. The molecule has 1 saturated heterocycles. The van der Waals surface area contributed by atoms with Gasteiger partial charge in [0.2, 0.25) is 5.95 Å². The largest absolute Gasteiger partial charge is 0.481 e. The van der Waals surface area contributed by atoms with Gasteiger partial charge in [0.15, 0.2) is 15.0 Å². The van der Waals surface area contributed by atoms with Gasteiger partial charge in [-0.15, -0.1) is 10.2 Å². The van der Waals surface area contributed by atoms with E-state index in [0.717, 1.165) is 11.8 Å². The van der Waals surface area contributed by atoms with Crippen molar-refractivity contribution < 1.29 is 18.3 Å². The maximum atomic E-state index is 11.4. The third kappa shape index (κ3) is 3.38. The lowest BCUT2D eigenvalue weighted by atomic mass is 10.5.